The molecule has 1 aliphatic heterocycles. The smallest absolute Gasteiger partial charge is 0.164 e. The molecular formula is C13H18O2S. The van der Waals surface area contributed by atoms with Gasteiger partial charge in [-0.25, -0.2) is 0 Å². The largest absolute Gasteiger partial charge is 0.347 e. The number of ether oxygens (including phenoxy) is 2. The highest BCUT2D eigenvalue weighted by Gasteiger charge is 2.33. The zero-order chi connectivity index (χ0) is 11.6. The summed E-state index contributed by atoms with van der Waals surface area (Å²) < 4.78 is 11.6. The van der Waals surface area contributed by atoms with E-state index in [0.29, 0.717) is 0 Å². The van der Waals surface area contributed by atoms with Gasteiger partial charge in [0.15, 0.2) is 5.79 Å². The fourth-order valence-electron chi connectivity index (χ4n) is 1.92. The molecule has 0 aromatic heterocycles. The standard InChI is InChI=1S/C13H18O2S/c1-10-9-12(15-13(2,3)14-10)16-11-7-5-4-6-8-11/h4-8,10,12H,9H2,1-3H3/t10-,12+/m0/s1. The molecule has 0 saturated carbocycles. The Balaban J connectivity index is 2.00. The van der Waals surface area contributed by atoms with E-state index in [-0.39, 0.29) is 11.5 Å². The van der Waals surface area contributed by atoms with Crippen molar-refractivity contribution in [3.63, 3.8) is 0 Å². The molecule has 1 saturated heterocycles. The minimum atomic E-state index is -0.468. The van der Waals surface area contributed by atoms with Crippen molar-refractivity contribution in [3.05, 3.63) is 30.3 Å². The van der Waals surface area contributed by atoms with E-state index in [4.69, 9.17) is 9.47 Å². The maximum absolute atomic E-state index is 5.89. The highest BCUT2D eigenvalue weighted by atomic mass is 32.2. The first-order valence-electron chi connectivity index (χ1n) is 5.62. The van der Waals surface area contributed by atoms with Crippen LogP contribution in [-0.2, 0) is 9.47 Å². The SMILES string of the molecule is C[C@H]1C[C@@H](Sc2ccccc2)OC(C)(C)O1. The average molecular weight is 238 g/mol. The Labute approximate surface area is 101 Å². The van der Waals surface area contributed by atoms with Gasteiger partial charge < -0.3 is 9.47 Å². The Morgan fingerprint density at radius 1 is 1.19 bits per heavy atom. The van der Waals surface area contributed by atoms with Gasteiger partial charge in [-0.15, -0.1) is 0 Å². The molecule has 1 heterocycles. The Morgan fingerprint density at radius 2 is 1.88 bits per heavy atom. The molecule has 3 heteroatoms. The molecule has 16 heavy (non-hydrogen) atoms. The van der Waals surface area contributed by atoms with Gasteiger partial charge in [-0.05, 0) is 32.9 Å². The Hall–Kier alpha value is -0.510. The molecule has 0 bridgehead atoms. The summed E-state index contributed by atoms with van der Waals surface area (Å²) in [6, 6.07) is 10.4. The van der Waals surface area contributed by atoms with Crippen LogP contribution in [0.15, 0.2) is 35.2 Å². The van der Waals surface area contributed by atoms with Crippen LogP contribution in [0.1, 0.15) is 27.2 Å². The highest BCUT2D eigenvalue weighted by Crippen LogP contribution is 2.35. The lowest BCUT2D eigenvalue weighted by molar-refractivity contribution is -0.277. The molecule has 1 fully saturated rings. The van der Waals surface area contributed by atoms with Gasteiger partial charge in [-0.3, -0.25) is 0 Å². The van der Waals surface area contributed by atoms with Crippen molar-refractivity contribution in [2.45, 2.75) is 49.4 Å². The lowest BCUT2D eigenvalue weighted by Crippen LogP contribution is -2.42. The van der Waals surface area contributed by atoms with Gasteiger partial charge in [0.05, 0.1) is 6.10 Å². The van der Waals surface area contributed by atoms with Gasteiger partial charge >= 0.3 is 0 Å². The molecular weight excluding hydrogens is 220 g/mol. The fraction of sp³-hybridized carbons (Fsp3) is 0.538. The molecule has 2 rings (SSSR count). The van der Waals surface area contributed by atoms with Gasteiger partial charge in [0.2, 0.25) is 0 Å². The molecule has 0 radical (unpaired) electrons. The van der Waals surface area contributed by atoms with E-state index in [0.717, 1.165) is 6.42 Å². The maximum Gasteiger partial charge on any atom is 0.164 e. The van der Waals surface area contributed by atoms with Crippen LogP contribution >= 0.6 is 11.8 Å². The molecule has 88 valence electrons. The quantitative estimate of drug-likeness (QED) is 0.783. The molecule has 0 N–H and O–H groups in total. The first kappa shape index (κ1) is 12.0. The number of benzene rings is 1. The topological polar surface area (TPSA) is 18.5 Å². The molecule has 2 nitrogen and oxygen atoms in total. The van der Waals surface area contributed by atoms with E-state index in [2.05, 4.69) is 31.2 Å². The minimum Gasteiger partial charge on any atom is -0.347 e. The Morgan fingerprint density at radius 3 is 2.50 bits per heavy atom. The number of hydrogen-bond donors (Lipinski definition) is 0. The molecule has 0 unspecified atom stereocenters. The van der Waals surface area contributed by atoms with Crippen molar-refractivity contribution < 1.29 is 9.47 Å². The summed E-state index contributed by atoms with van der Waals surface area (Å²) in [5, 5.41) is 0. The van der Waals surface area contributed by atoms with Crippen molar-refractivity contribution in [1.29, 1.82) is 0 Å². The van der Waals surface area contributed by atoms with Gasteiger partial charge in [0.25, 0.3) is 0 Å². The van der Waals surface area contributed by atoms with E-state index in [1.807, 2.05) is 19.9 Å². The molecule has 1 aromatic carbocycles. The van der Waals surface area contributed by atoms with Crippen molar-refractivity contribution >= 4 is 11.8 Å². The van der Waals surface area contributed by atoms with Crippen LogP contribution < -0.4 is 0 Å². The fourth-order valence-corrected chi connectivity index (χ4v) is 3.18. The molecule has 1 aromatic rings. The van der Waals surface area contributed by atoms with Gasteiger partial charge in [0, 0.05) is 11.3 Å². The molecule has 0 spiro atoms. The van der Waals surface area contributed by atoms with E-state index in [1.165, 1.54) is 4.90 Å². The summed E-state index contributed by atoms with van der Waals surface area (Å²) in [5.41, 5.74) is 0.182. The summed E-state index contributed by atoms with van der Waals surface area (Å²) in [7, 11) is 0. The van der Waals surface area contributed by atoms with Crippen LogP contribution in [-0.4, -0.2) is 17.3 Å². The van der Waals surface area contributed by atoms with Gasteiger partial charge in [-0.2, -0.15) is 0 Å². The lowest BCUT2D eigenvalue weighted by Gasteiger charge is -2.39. The van der Waals surface area contributed by atoms with Crippen molar-refractivity contribution in [1.82, 2.24) is 0 Å². The lowest BCUT2D eigenvalue weighted by atomic mass is 10.2. The van der Waals surface area contributed by atoms with Crippen LogP contribution in [0.2, 0.25) is 0 Å². The van der Waals surface area contributed by atoms with Crippen LogP contribution in [0, 0.1) is 0 Å². The third-order valence-electron chi connectivity index (χ3n) is 2.44. The Bertz CT molecular complexity index is 337. The second kappa shape index (κ2) is 4.78. The Kier molecular flexibility index (Phi) is 3.57. The van der Waals surface area contributed by atoms with E-state index >= 15 is 0 Å². The second-order valence-electron chi connectivity index (χ2n) is 4.54. The zero-order valence-corrected chi connectivity index (χ0v) is 10.8. The summed E-state index contributed by atoms with van der Waals surface area (Å²) >= 11 is 1.77. The van der Waals surface area contributed by atoms with E-state index in [1.54, 1.807) is 11.8 Å². The average Bonchev–Trinajstić information content (AvgIpc) is 2.15. The first-order chi connectivity index (χ1) is 7.55. The molecule has 0 amide bonds. The summed E-state index contributed by atoms with van der Waals surface area (Å²) in [6.07, 6.45) is 1.19. The summed E-state index contributed by atoms with van der Waals surface area (Å²) in [5.74, 6) is -0.468. The van der Waals surface area contributed by atoms with Crippen molar-refractivity contribution in [2.75, 3.05) is 0 Å². The highest BCUT2D eigenvalue weighted by molar-refractivity contribution is 7.99. The number of rotatable bonds is 2. The van der Waals surface area contributed by atoms with Gasteiger partial charge in [0.1, 0.15) is 5.44 Å². The first-order valence-corrected chi connectivity index (χ1v) is 6.50. The molecule has 2 atom stereocenters. The van der Waals surface area contributed by atoms with Crippen molar-refractivity contribution in [2.24, 2.45) is 0 Å². The molecule has 1 aliphatic rings. The third-order valence-corrected chi connectivity index (χ3v) is 3.53. The normalized spacial score (nSPS) is 28.9. The van der Waals surface area contributed by atoms with Crippen LogP contribution in [0.3, 0.4) is 0 Å². The predicted octanol–water partition coefficient (Wildman–Crippen LogP) is 3.67. The monoisotopic (exact) mass is 238 g/mol. The predicted molar refractivity (Wildman–Crippen MR) is 66.4 cm³/mol. The van der Waals surface area contributed by atoms with Crippen molar-refractivity contribution in [3.8, 4) is 0 Å². The number of thioether (sulfide) groups is 1. The van der Waals surface area contributed by atoms with Crippen LogP contribution in [0.25, 0.3) is 0 Å². The maximum atomic E-state index is 5.89. The van der Waals surface area contributed by atoms with Crippen LogP contribution in [0.4, 0.5) is 0 Å². The van der Waals surface area contributed by atoms with Gasteiger partial charge in [-0.1, -0.05) is 30.0 Å². The number of hydrogen-bond acceptors (Lipinski definition) is 3. The molecule has 0 aliphatic carbocycles. The zero-order valence-electron chi connectivity index (χ0n) is 9.97. The van der Waals surface area contributed by atoms with Crippen LogP contribution in [0.5, 0.6) is 0 Å². The summed E-state index contributed by atoms with van der Waals surface area (Å²) in [4.78, 5) is 1.25. The van der Waals surface area contributed by atoms with E-state index < -0.39 is 5.79 Å². The minimum absolute atomic E-state index is 0.182. The second-order valence-corrected chi connectivity index (χ2v) is 5.78. The third kappa shape index (κ3) is 3.24. The van der Waals surface area contributed by atoms with E-state index in [9.17, 15) is 0 Å². The summed E-state index contributed by atoms with van der Waals surface area (Å²) in [6.45, 7) is 6.05.